The van der Waals surface area contributed by atoms with E-state index in [1.54, 1.807) is 6.07 Å². The van der Waals surface area contributed by atoms with Crippen LogP contribution < -0.4 is 0 Å². The molecule has 0 radical (unpaired) electrons. The highest BCUT2D eigenvalue weighted by Gasteiger charge is 2.37. The Hall–Kier alpha value is -1.85. The number of hydrogen-bond acceptors (Lipinski definition) is 2. The molecule has 0 amide bonds. The van der Waals surface area contributed by atoms with Crippen molar-refractivity contribution in [3.05, 3.63) is 35.9 Å². The molecule has 0 fully saturated rings. The van der Waals surface area contributed by atoms with Gasteiger partial charge in [0.1, 0.15) is 11.8 Å². The van der Waals surface area contributed by atoms with E-state index in [4.69, 9.17) is 5.11 Å². The maximum atomic E-state index is 12.8. The van der Waals surface area contributed by atoms with Crippen LogP contribution in [0.4, 0.5) is 13.2 Å². The standard InChI is InChI=1S/C12H12F3NO2/c1-2-9(11(17)18)16-10(12(13,14)15)8-6-4-3-5-7-8/h3-7,9H,2H2,1H3,(H,17,18)/b16-10+/t9-/m0/s1. The summed E-state index contributed by atoms with van der Waals surface area (Å²) in [6.07, 6.45) is -4.67. The molecule has 0 spiro atoms. The Morgan fingerprint density at radius 1 is 1.33 bits per heavy atom. The topological polar surface area (TPSA) is 49.7 Å². The van der Waals surface area contributed by atoms with E-state index >= 15 is 0 Å². The lowest BCUT2D eigenvalue weighted by atomic mass is 10.1. The summed E-state index contributed by atoms with van der Waals surface area (Å²) >= 11 is 0. The molecule has 0 aliphatic heterocycles. The molecule has 0 saturated heterocycles. The van der Waals surface area contributed by atoms with Gasteiger partial charge >= 0.3 is 12.1 Å². The van der Waals surface area contributed by atoms with Gasteiger partial charge in [-0.1, -0.05) is 37.3 Å². The molecule has 0 saturated carbocycles. The average molecular weight is 259 g/mol. The molecule has 1 aromatic rings. The summed E-state index contributed by atoms with van der Waals surface area (Å²) in [6, 6.07) is 5.58. The number of carboxylic acids is 1. The van der Waals surface area contributed by atoms with Gasteiger partial charge in [0.05, 0.1) is 0 Å². The second-order valence-electron chi connectivity index (χ2n) is 3.60. The van der Waals surface area contributed by atoms with E-state index in [-0.39, 0.29) is 12.0 Å². The van der Waals surface area contributed by atoms with Gasteiger partial charge in [-0.2, -0.15) is 13.2 Å². The third-order valence-corrected chi connectivity index (χ3v) is 2.27. The summed E-state index contributed by atoms with van der Waals surface area (Å²) in [5.41, 5.74) is -1.29. The van der Waals surface area contributed by atoms with Crippen molar-refractivity contribution in [3.8, 4) is 0 Å². The maximum Gasteiger partial charge on any atom is 0.433 e. The number of nitrogens with zero attached hydrogens (tertiary/aromatic N) is 1. The first kappa shape index (κ1) is 14.2. The molecule has 1 atom stereocenters. The highest BCUT2D eigenvalue weighted by atomic mass is 19.4. The molecule has 3 nitrogen and oxygen atoms in total. The molecule has 0 aliphatic rings. The van der Waals surface area contributed by atoms with E-state index in [1.807, 2.05) is 0 Å². The summed E-state index contributed by atoms with van der Waals surface area (Å²) in [5, 5.41) is 8.76. The van der Waals surface area contributed by atoms with Crippen LogP contribution in [0.5, 0.6) is 0 Å². The summed E-state index contributed by atoms with van der Waals surface area (Å²) < 4.78 is 38.5. The van der Waals surface area contributed by atoms with Crippen LogP contribution in [0.25, 0.3) is 0 Å². The molecule has 0 bridgehead atoms. The molecule has 0 aromatic heterocycles. The van der Waals surface area contributed by atoms with Crippen molar-refractivity contribution >= 4 is 11.7 Å². The molecule has 0 unspecified atom stereocenters. The Balaban J connectivity index is 3.23. The van der Waals surface area contributed by atoms with Crippen molar-refractivity contribution in [2.45, 2.75) is 25.6 Å². The lowest BCUT2D eigenvalue weighted by Gasteiger charge is -2.13. The molecule has 1 N–H and O–H groups in total. The Kier molecular flexibility index (Phi) is 4.47. The van der Waals surface area contributed by atoms with Crippen LogP contribution in [0.3, 0.4) is 0 Å². The van der Waals surface area contributed by atoms with Gasteiger partial charge < -0.3 is 5.11 Å². The van der Waals surface area contributed by atoms with Crippen molar-refractivity contribution in [2.24, 2.45) is 4.99 Å². The maximum absolute atomic E-state index is 12.8. The molecule has 1 aromatic carbocycles. The fourth-order valence-electron chi connectivity index (χ4n) is 1.38. The van der Waals surface area contributed by atoms with Crippen molar-refractivity contribution in [2.75, 3.05) is 0 Å². The minimum absolute atomic E-state index is 0.00173. The number of aliphatic imine (C=N–C) groups is 1. The van der Waals surface area contributed by atoms with Gasteiger partial charge in [-0.15, -0.1) is 0 Å². The number of rotatable bonds is 4. The first-order valence-corrected chi connectivity index (χ1v) is 5.29. The third kappa shape index (κ3) is 3.58. The number of alkyl halides is 3. The Labute approximate surface area is 102 Å². The van der Waals surface area contributed by atoms with Crippen LogP contribution in [-0.4, -0.2) is 29.0 Å². The lowest BCUT2D eigenvalue weighted by Crippen LogP contribution is -2.28. The number of aliphatic carboxylic acids is 1. The van der Waals surface area contributed by atoms with Crippen molar-refractivity contribution in [3.63, 3.8) is 0 Å². The van der Waals surface area contributed by atoms with Gasteiger partial charge in [0, 0.05) is 5.56 Å². The average Bonchev–Trinajstić information content (AvgIpc) is 2.29. The summed E-state index contributed by atoms with van der Waals surface area (Å²) in [4.78, 5) is 14.1. The van der Waals surface area contributed by atoms with Gasteiger partial charge in [0.25, 0.3) is 0 Å². The molecule has 0 aliphatic carbocycles. The van der Waals surface area contributed by atoms with E-state index in [0.29, 0.717) is 0 Å². The first-order chi connectivity index (χ1) is 8.36. The monoisotopic (exact) mass is 259 g/mol. The lowest BCUT2D eigenvalue weighted by molar-refractivity contribution is -0.138. The smallest absolute Gasteiger partial charge is 0.433 e. The second kappa shape index (κ2) is 5.66. The van der Waals surface area contributed by atoms with Crippen LogP contribution in [0.1, 0.15) is 18.9 Å². The predicted molar refractivity (Wildman–Crippen MR) is 60.7 cm³/mol. The number of carboxylic acid groups (broad SMARTS) is 1. The van der Waals surface area contributed by atoms with E-state index in [1.165, 1.54) is 31.2 Å². The van der Waals surface area contributed by atoms with Gasteiger partial charge in [-0.3, -0.25) is 4.99 Å². The van der Waals surface area contributed by atoms with E-state index < -0.39 is 23.9 Å². The van der Waals surface area contributed by atoms with Crippen molar-refractivity contribution < 1.29 is 23.1 Å². The predicted octanol–water partition coefficient (Wildman–Crippen LogP) is 2.90. The van der Waals surface area contributed by atoms with E-state index in [9.17, 15) is 18.0 Å². The third-order valence-electron chi connectivity index (χ3n) is 2.27. The highest BCUT2D eigenvalue weighted by molar-refractivity contribution is 6.05. The molecule has 18 heavy (non-hydrogen) atoms. The van der Waals surface area contributed by atoms with Crippen molar-refractivity contribution in [1.82, 2.24) is 0 Å². The number of carbonyl (C=O) groups is 1. The van der Waals surface area contributed by atoms with Gasteiger partial charge in [-0.05, 0) is 6.42 Å². The molecule has 6 heteroatoms. The first-order valence-electron chi connectivity index (χ1n) is 5.29. The van der Waals surface area contributed by atoms with Crippen molar-refractivity contribution in [1.29, 1.82) is 0 Å². The zero-order valence-electron chi connectivity index (χ0n) is 9.61. The van der Waals surface area contributed by atoms with Gasteiger partial charge in [0.2, 0.25) is 0 Å². The summed E-state index contributed by atoms with van der Waals surface area (Å²) in [5.74, 6) is -1.37. The molecular weight excluding hydrogens is 247 g/mol. The van der Waals surface area contributed by atoms with Crippen LogP contribution in [0.2, 0.25) is 0 Å². The molecule has 98 valence electrons. The minimum Gasteiger partial charge on any atom is -0.480 e. The summed E-state index contributed by atoms with van der Waals surface area (Å²) in [7, 11) is 0. The largest absolute Gasteiger partial charge is 0.480 e. The SMILES string of the molecule is CC[C@H](/N=C(\c1ccccc1)C(F)(F)F)C(=O)O. The Bertz CT molecular complexity index is 440. The van der Waals surface area contributed by atoms with Gasteiger partial charge in [0.15, 0.2) is 0 Å². The van der Waals surface area contributed by atoms with Crippen LogP contribution in [0, 0.1) is 0 Å². The number of hydrogen-bond donors (Lipinski definition) is 1. The Morgan fingerprint density at radius 2 is 1.89 bits per heavy atom. The van der Waals surface area contributed by atoms with Crippen LogP contribution >= 0.6 is 0 Å². The second-order valence-corrected chi connectivity index (χ2v) is 3.60. The van der Waals surface area contributed by atoms with Crippen LogP contribution in [-0.2, 0) is 4.79 Å². The van der Waals surface area contributed by atoms with Crippen LogP contribution in [0.15, 0.2) is 35.3 Å². The zero-order valence-corrected chi connectivity index (χ0v) is 9.61. The highest BCUT2D eigenvalue weighted by Crippen LogP contribution is 2.23. The zero-order chi connectivity index (χ0) is 13.8. The van der Waals surface area contributed by atoms with E-state index in [2.05, 4.69) is 4.99 Å². The Morgan fingerprint density at radius 3 is 2.28 bits per heavy atom. The van der Waals surface area contributed by atoms with Gasteiger partial charge in [-0.25, -0.2) is 4.79 Å². The quantitative estimate of drug-likeness (QED) is 0.845. The fraction of sp³-hybridized carbons (Fsp3) is 0.333. The minimum atomic E-state index is -4.68. The molecular formula is C12H12F3NO2. The van der Waals surface area contributed by atoms with E-state index in [0.717, 1.165) is 0 Å². The molecule has 1 rings (SSSR count). The fourth-order valence-corrected chi connectivity index (χ4v) is 1.38. The number of benzene rings is 1. The molecule has 0 heterocycles. The normalized spacial score (nSPS) is 14.3. The summed E-state index contributed by atoms with van der Waals surface area (Å²) in [6.45, 7) is 1.47. The number of halogens is 3.